The number of carboxylic acids is 1. The van der Waals surface area contributed by atoms with Crippen LogP contribution in [-0.2, 0) is 9.53 Å². The van der Waals surface area contributed by atoms with Crippen LogP contribution in [0.5, 0.6) is 0 Å². The van der Waals surface area contributed by atoms with Gasteiger partial charge in [-0.1, -0.05) is 0 Å². The van der Waals surface area contributed by atoms with Gasteiger partial charge in [0.15, 0.2) is 0 Å². The molecular formula is C11H17F3N2O4. The van der Waals surface area contributed by atoms with E-state index in [0.717, 1.165) is 12.8 Å². The summed E-state index contributed by atoms with van der Waals surface area (Å²) in [6, 6.07) is -0.435. The van der Waals surface area contributed by atoms with Crippen LogP contribution in [-0.4, -0.2) is 60.5 Å². The van der Waals surface area contributed by atoms with E-state index in [1.54, 1.807) is 0 Å². The number of carbonyl (C=O) groups is 2. The lowest BCUT2D eigenvalue weighted by Gasteiger charge is -2.22. The van der Waals surface area contributed by atoms with Crippen LogP contribution < -0.4 is 5.32 Å². The lowest BCUT2D eigenvalue weighted by Crippen LogP contribution is -2.43. The number of ether oxygens (including phenoxy) is 1. The minimum Gasteiger partial charge on any atom is -0.481 e. The quantitative estimate of drug-likeness (QED) is 0.660. The fourth-order valence-electron chi connectivity index (χ4n) is 1.57. The Morgan fingerprint density at radius 3 is 2.50 bits per heavy atom. The maximum Gasteiger partial charge on any atom is 0.411 e. The molecule has 2 N–H and O–H groups in total. The summed E-state index contributed by atoms with van der Waals surface area (Å²) in [6.07, 6.45) is -2.91. The molecule has 9 heteroatoms. The molecular weight excluding hydrogens is 281 g/mol. The van der Waals surface area contributed by atoms with Crippen LogP contribution in [0, 0.1) is 0 Å². The number of carboxylic acid groups (broad SMARTS) is 1. The van der Waals surface area contributed by atoms with Crippen molar-refractivity contribution < 1.29 is 32.6 Å². The molecule has 0 aromatic carbocycles. The fraction of sp³-hybridized carbons (Fsp3) is 0.818. The lowest BCUT2D eigenvalue weighted by atomic mass is 10.4. The highest BCUT2D eigenvalue weighted by Crippen LogP contribution is 2.26. The highest BCUT2D eigenvalue weighted by atomic mass is 19.4. The zero-order valence-corrected chi connectivity index (χ0v) is 10.8. The average Bonchev–Trinajstić information content (AvgIpc) is 3.11. The fourth-order valence-corrected chi connectivity index (χ4v) is 1.57. The van der Waals surface area contributed by atoms with Crippen LogP contribution in [0.1, 0.15) is 19.3 Å². The number of carbonyl (C=O) groups excluding carboxylic acids is 1. The van der Waals surface area contributed by atoms with Crippen molar-refractivity contribution in [1.29, 1.82) is 0 Å². The van der Waals surface area contributed by atoms with Gasteiger partial charge in [-0.15, -0.1) is 0 Å². The van der Waals surface area contributed by atoms with Crippen LogP contribution in [0.3, 0.4) is 0 Å². The molecule has 0 radical (unpaired) electrons. The molecule has 2 amide bonds. The molecule has 1 rings (SSSR count). The van der Waals surface area contributed by atoms with Gasteiger partial charge >= 0.3 is 18.2 Å². The predicted molar refractivity (Wildman–Crippen MR) is 62.3 cm³/mol. The molecule has 0 unspecified atom stereocenters. The van der Waals surface area contributed by atoms with Crippen LogP contribution in [0.25, 0.3) is 0 Å². The Balaban J connectivity index is 2.20. The Morgan fingerprint density at radius 1 is 1.35 bits per heavy atom. The van der Waals surface area contributed by atoms with Gasteiger partial charge in [-0.3, -0.25) is 4.79 Å². The lowest BCUT2D eigenvalue weighted by molar-refractivity contribution is -0.173. The molecule has 116 valence electrons. The number of hydrogen-bond acceptors (Lipinski definition) is 3. The van der Waals surface area contributed by atoms with Gasteiger partial charge in [-0.25, -0.2) is 4.79 Å². The van der Waals surface area contributed by atoms with E-state index in [1.165, 1.54) is 4.90 Å². The summed E-state index contributed by atoms with van der Waals surface area (Å²) in [6.45, 7) is -1.56. The Morgan fingerprint density at radius 2 is 2.00 bits per heavy atom. The van der Waals surface area contributed by atoms with Crippen LogP contribution in [0.4, 0.5) is 18.0 Å². The van der Waals surface area contributed by atoms with E-state index in [9.17, 15) is 22.8 Å². The van der Waals surface area contributed by atoms with Crippen molar-refractivity contribution in [3.63, 3.8) is 0 Å². The third-order valence-electron chi connectivity index (χ3n) is 2.60. The second-order valence-electron chi connectivity index (χ2n) is 4.47. The van der Waals surface area contributed by atoms with Crippen molar-refractivity contribution >= 4 is 12.0 Å². The minimum atomic E-state index is -4.38. The molecule has 1 saturated carbocycles. The Labute approximate surface area is 113 Å². The number of alkyl halides is 3. The first kappa shape index (κ1) is 16.5. The van der Waals surface area contributed by atoms with Crippen LogP contribution >= 0.6 is 0 Å². The highest BCUT2D eigenvalue weighted by Gasteiger charge is 2.32. The van der Waals surface area contributed by atoms with Gasteiger partial charge in [-0.2, -0.15) is 13.2 Å². The standard InChI is InChI=1S/C11H17F3N2O4/c12-11(13,14)7-20-6-4-15-10(19)16(8-1-2-8)5-3-9(17)18/h8H,1-7H2,(H,15,19)(H,17,18). The molecule has 0 aliphatic heterocycles. The average molecular weight is 298 g/mol. The van der Waals surface area contributed by atoms with Crippen molar-refractivity contribution in [2.45, 2.75) is 31.5 Å². The van der Waals surface area contributed by atoms with Gasteiger partial charge < -0.3 is 20.1 Å². The van der Waals surface area contributed by atoms with Crippen molar-refractivity contribution in [1.82, 2.24) is 10.2 Å². The molecule has 0 spiro atoms. The normalized spacial score (nSPS) is 14.9. The number of aliphatic carboxylic acids is 1. The van der Waals surface area contributed by atoms with Crippen molar-refractivity contribution in [2.24, 2.45) is 0 Å². The second-order valence-corrected chi connectivity index (χ2v) is 4.47. The summed E-state index contributed by atoms with van der Waals surface area (Å²) in [7, 11) is 0. The van der Waals surface area contributed by atoms with Gasteiger partial charge in [0, 0.05) is 19.1 Å². The number of hydrogen-bond donors (Lipinski definition) is 2. The Bertz CT molecular complexity index is 345. The van der Waals surface area contributed by atoms with E-state index in [2.05, 4.69) is 10.1 Å². The van der Waals surface area contributed by atoms with E-state index in [4.69, 9.17) is 5.11 Å². The van der Waals surface area contributed by atoms with E-state index in [1.807, 2.05) is 0 Å². The number of rotatable bonds is 8. The summed E-state index contributed by atoms with van der Waals surface area (Å²) >= 11 is 0. The minimum absolute atomic E-state index is 0.0328. The Kier molecular flexibility index (Phi) is 6.05. The largest absolute Gasteiger partial charge is 0.481 e. The van der Waals surface area contributed by atoms with E-state index in [0.29, 0.717) is 0 Å². The first-order chi connectivity index (χ1) is 9.29. The maximum absolute atomic E-state index is 11.8. The molecule has 0 aromatic rings. The van der Waals surface area contributed by atoms with Crippen LogP contribution in [0.15, 0.2) is 0 Å². The first-order valence-electron chi connectivity index (χ1n) is 6.20. The number of nitrogens with one attached hydrogen (secondary N) is 1. The first-order valence-corrected chi connectivity index (χ1v) is 6.20. The molecule has 1 aliphatic rings. The number of urea groups is 1. The molecule has 0 saturated heterocycles. The van der Waals surface area contributed by atoms with Gasteiger partial charge in [0.1, 0.15) is 6.61 Å². The molecule has 0 aromatic heterocycles. The van der Waals surface area contributed by atoms with Gasteiger partial charge in [0.2, 0.25) is 0 Å². The predicted octanol–water partition coefficient (Wildman–Crippen LogP) is 1.21. The highest BCUT2D eigenvalue weighted by molar-refractivity contribution is 5.76. The topological polar surface area (TPSA) is 78.9 Å². The van der Waals surface area contributed by atoms with E-state index >= 15 is 0 Å². The molecule has 1 fully saturated rings. The molecule has 0 atom stereocenters. The van der Waals surface area contributed by atoms with Crippen LogP contribution in [0.2, 0.25) is 0 Å². The van der Waals surface area contributed by atoms with Gasteiger partial charge in [0.05, 0.1) is 13.0 Å². The van der Waals surface area contributed by atoms with Crippen molar-refractivity contribution in [3.05, 3.63) is 0 Å². The molecule has 0 bridgehead atoms. The van der Waals surface area contributed by atoms with Crippen molar-refractivity contribution in [3.8, 4) is 0 Å². The van der Waals surface area contributed by atoms with E-state index in [-0.39, 0.29) is 32.2 Å². The SMILES string of the molecule is O=C(O)CCN(C(=O)NCCOCC(F)(F)F)C1CC1. The third-order valence-corrected chi connectivity index (χ3v) is 2.60. The van der Waals surface area contributed by atoms with Gasteiger partial charge in [-0.05, 0) is 12.8 Å². The molecule has 0 heterocycles. The smallest absolute Gasteiger partial charge is 0.411 e. The zero-order valence-electron chi connectivity index (χ0n) is 10.8. The monoisotopic (exact) mass is 298 g/mol. The molecule has 20 heavy (non-hydrogen) atoms. The maximum atomic E-state index is 11.8. The molecule has 1 aliphatic carbocycles. The van der Waals surface area contributed by atoms with E-state index < -0.39 is 24.8 Å². The number of nitrogens with zero attached hydrogens (tertiary/aromatic N) is 1. The summed E-state index contributed by atoms with van der Waals surface area (Å²) in [5.41, 5.74) is 0. The summed E-state index contributed by atoms with van der Waals surface area (Å²) < 4.78 is 39.7. The Hall–Kier alpha value is -1.51. The second kappa shape index (κ2) is 7.32. The third kappa shape index (κ3) is 7.17. The van der Waals surface area contributed by atoms with Gasteiger partial charge in [0.25, 0.3) is 0 Å². The molecule has 6 nitrogen and oxygen atoms in total. The summed E-state index contributed by atoms with van der Waals surface area (Å²) in [5, 5.41) is 11.0. The summed E-state index contributed by atoms with van der Waals surface area (Å²) in [4.78, 5) is 23.6. The number of amides is 2. The summed E-state index contributed by atoms with van der Waals surface area (Å²) in [5.74, 6) is -1.00. The zero-order chi connectivity index (χ0) is 15.2. The number of halogens is 3. The van der Waals surface area contributed by atoms with Crippen molar-refractivity contribution in [2.75, 3.05) is 26.3 Å².